The van der Waals surface area contributed by atoms with Crippen molar-refractivity contribution in [1.29, 1.82) is 0 Å². The summed E-state index contributed by atoms with van der Waals surface area (Å²) in [5.74, 6) is 0.204. The van der Waals surface area contributed by atoms with Gasteiger partial charge in [-0.05, 0) is 37.6 Å². The molecule has 0 aromatic carbocycles. The number of carbonyl (C=O) groups is 1. The fourth-order valence-corrected chi connectivity index (χ4v) is 2.29. The van der Waals surface area contributed by atoms with Gasteiger partial charge in [-0.3, -0.25) is 4.79 Å². The summed E-state index contributed by atoms with van der Waals surface area (Å²) in [4.78, 5) is 11.7. The van der Waals surface area contributed by atoms with Crippen molar-refractivity contribution in [2.75, 3.05) is 13.1 Å². The van der Waals surface area contributed by atoms with E-state index in [0.717, 1.165) is 25.9 Å². The minimum atomic E-state index is 0.0821. The van der Waals surface area contributed by atoms with Crippen LogP contribution in [0.1, 0.15) is 39.0 Å². The molecule has 0 radical (unpaired) electrons. The van der Waals surface area contributed by atoms with Crippen LogP contribution in [0.15, 0.2) is 0 Å². The zero-order valence-electron chi connectivity index (χ0n) is 8.94. The van der Waals surface area contributed by atoms with Gasteiger partial charge in [0.05, 0.1) is 6.04 Å². The van der Waals surface area contributed by atoms with Crippen LogP contribution in [0.3, 0.4) is 0 Å². The molecule has 2 aliphatic rings. The average Bonchev–Trinajstić information content (AvgIpc) is 2.63. The molecule has 14 heavy (non-hydrogen) atoms. The molecule has 1 heterocycles. The first-order chi connectivity index (χ1) is 6.70. The van der Waals surface area contributed by atoms with Gasteiger partial charge in [0.2, 0.25) is 5.91 Å². The Bertz CT molecular complexity index is 217. The fourth-order valence-electron chi connectivity index (χ4n) is 2.29. The highest BCUT2D eigenvalue weighted by atomic mass is 16.2. The van der Waals surface area contributed by atoms with Crippen LogP contribution in [0.2, 0.25) is 0 Å². The van der Waals surface area contributed by atoms with Crippen LogP contribution in [0.5, 0.6) is 0 Å². The van der Waals surface area contributed by atoms with Crippen molar-refractivity contribution in [1.82, 2.24) is 10.6 Å². The summed E-state index contributed by atoms with van der Waals surface area (Å²) in [7, 11) is 0. The molecule has 0 spiro atoms. The van der Waals surface area contributed by atoms with Crippen LogP contribution in [-0.2, 0) is 4.79 Å². The number of hydrogen-bond donors (Lipinski definition) is 2. The van der Waals surface area contributed by atoms with Crippen LogP contribution < -0.4 is 10.6 Å². The lowest BCUT2D eigenvalue weighted by Gasteiger charge is -2.38. The highest BCUT2D eigenvalue weighted by Gasteiger charge is 2.32. The van der Waals surface area contributed by atoms with E-state index in [1.54, 1.807) is 0 Å². The zero-order valence-corrected chi connectivity index (χ0v) is 8.94. The van der Waals surface area contributed by atoms with E-state index < -0.39 is 0 Å². The second-order valence-electron chi connectivity index (χ2n) is 5.03. The molecule has 0 aromatic rings. The molecule has 0 unspecified atom stereocenters. The Hall–Kier alpha value is -0.570. The molecule has 3 heteroatoms. The first kappa shape index (κ1) is 9.97. The largest absolute Gasteiger partial charge is 0.354 e. The number of amides is 1. The summed E-state index contributed by atoms with van der Waals surface area (Å²) in [6, 6.07) is 0.0821. The first-order valence-corrected chi connectivity index (χ1v) is 5.71. The minimum absolute atomic E-state index is 0.0821. The number of rotatable bonds is 3. The maximum Gasteiger partial charge on any atom is 0.237 e. The Morgan fingerprint density at radius 1 is 1.50 bits per heavy atom. The predicted octanol–water partition coefficient (Wildman–Crippen LogP) is 1.04. The third kappa shape index (κ3) is 2.08. The molecule has 2 fully saturated rings. The number of hydrogen-bond acceptors (Lipinski definition) is 2. The Balaban J connectivity index is 1.71. The fraction of sp³-hybridized carbons (Fsp3) is 0.909. The smallest absolute Gasteiger partial charge is 0.237 e. The van der Waals surface area contributed by atoms with E-state index in [0.29, 0.717) is 5.41 Å². The third-order valence-electron chi connectivity index (χ3n) is 3.63. The van der Waals surface area contributed by atoms with Crippen molar-refractivity contribution < 1.29 is 4.79 Å². The van der Waals surface area contributed by atoms with Crippen LogP contribution in [0.4, 0.5) is 0 Å². The molecule has 1 saturated carbocycles. The lowest BCUT2D eigenvalue weighted by molar-refractivity contribution is -0.123. The van der Waals surface area contributed by atoms with Gasteiger partial charge in [0.1, 0.15) is 0 Å². The molecule has 80 valence electrons. The summed E-state index contributed by atoms with van der Waals surface area (Å²) in [5, 5.41) is 6.28. The van der Waals surface area contributed by atoms with Gasteiger partial charge in [0.25, 0.3) is 0 Å². The summed E-state index contributed by atoms with van der Waals surface area (Å²) in [6.07, 6.45) is 6.00. The van der Waals surface area contributed by atoms with Gasteiger partial charge in [0.15, 0.2) is 0 Å². The lowest BCUT2D eigenvalue weighted by Crippen LogP contribution is -2.46. The predicted molar refractivity (Wildman–Crippen MR) is 56.0 cm³/mol. The molecule has 1 amide bonds. The van der Waals surface area contributed by atoms with E-state index in [1.165, 1.54) is 19.3 Å². The van der Waals surface area contributed by atoms with Gasteiger partial charge in [-0.1, -0.05) is 13.3 Å². The molecule has 3 nitrogen and oxygen atoms in total. The molecule has 1 atom stereocenters. The van der Waals surface area contributed by atoms with Gasteiger partial charge in [0, 0.05) is 6.54 Å². The van der Waals surface area contributed by atoms with Crippen LogP contribution >= 0.6 is 0 Å². The second-order valence-corrected chi connectivity index (χ2v) is 5.03. The normalized spacial score (nSPS) is 29.6. The average molecular weight is 196 g/mol. The molecule has 2 rings (SSSR count). The highest BCUT2D eigenvalue weighted by molar-refractivity contribution is 5.82. The molecule has 0 aromatic heterocycles. The first-order valence-electron chi connectivity index (χ1n) is 5.71. The highest BCUT2D eigenvalue weighted by Crippen LogP contribution is 2.39. The quantitative estimate of drug-likeness (QED) is 0.708. The monoisotopic (exact) mass is 196 g/mol. The Labute approximate surface area is 85.6 Å². The molecule has 2 N–H and O–H groups in total. The standard InChI is InChI=1S/C11H20N2O/c1-11(5-3-6-11)8-13-10(14)9-4-2-7-12-9/h9,12H,2-8H2,1H3,(H,13,14)/t9-/m0/s1. The van der Waals surface area contributed by atoms with Crippen molar-refractivity contribution in [2.45, 2.75) is 45.1 Å². The van der Waals surface area contributed by atoms with E-state index in [1.807, 2.05) is 0 Å². The van der Waals surface area contributed by atoms with E-state index in [2.05, 4.69) is 17.6 Å². The van der Waals surface area contributed by atoms with Gasteiger partial charge >= 0.3 is 0 Å². The Morgan fingerprint density at radius 2 is 2.29 bits per heavy atom. The van der Waals surface area contributed by atoms with Gasteiger partial charge < -0.3 is 10.6 Å². The SMILES string of the molecule is CC1(CNC(=O)[C@@H]2CCCN2)CCC1. The number of carbonyl (C=O) groups excluding carboxylic acids is 1. The minimum Gasteiger partial charge on any atom is -0.354 e. The van der Waals surface area contributed by atoms with Crippen molar-refractivity contribution in [3.05, 3.63) is 0 Å². The molecule has 1 saturated heterocycles. The number of nitrogens with one attached hydrogen (secondary N) is 2. The third-order valence-corrected chi connectivity index (χ3v) is 3.63. The van der Waals surface area contributed by atoms with Crippen LogP contribution in [0, 0.1) is 5.41 Å². The van der Waals surface area contributed by atoms with Crippen molar-refractivity contribution in [3.8, 4) is 0 Å². The lowest BCUT2D eigenvalue weighted by atomic mass is 9.70. The summed E-state index contributed by atoms with van der Waals surface area (Å²) in [6.45, 7) is 4.12. The van der Waals surface area contributed by atoms with Crippen LogP contribution in [-0.4, -0.2) is 25.0 Å². The van der Waals surface area contributed by atoms with Crippen molar-refractivity contribution >= 4 is 5.91 Å². The van der Waals surface area contributed by atoms with E-state index >= 15 is 0 Å². The molecular weight excluding hydrogens is 176 g/mol. The second kappa shape index (κ2) is 3.89. The van der Waals surface area contributed by atoms with E-state index in [9.17, 15) is 4.79 Å². The molecule has 0 bridgehead atoms. The van der Waals surface area contributed by atoms with Crippen molar-refractivity contribution in [2.24, 2.45) is 5.41 Å². The van der Waals surface area contributed by atoms with Gasteiger partial charge in [-0.15, -0.1) is 0 Å². The molecule has 1 aliphatic carbocycles. The maximum atomic E-state index is 11.7. The Morgan fingerprint density at radius 3 is 2.79 bits per heavy atom. The van der Waals surface area contributed by atoms with E-state index in [4.69, 9.17) is 0 Å². The topological polar surface area (TPSA) is 41.1 Å². The van der Waals surface area contributed by atoms with E-state index in [-0.39, 0.29) is 11.9 Å². The van der Waals surface area contributed by atoms with Gasteiger partial charge in [-0.25, -0.2) is 0 Å². The summed E-state index contributed by atoms with van der Waals surface area (Å²) in [5.41, 5.74) is 0.397. The molecule has 1 aliphatic heterocycles. The van der Waals surface area contributed by atoms with Crippen LogP contribution in [0.25, 0.3) is 0 Å². The Kier molecular flexibility index (Phi) is 2.77. The van der Waals surface area contributed by atoms with Crippen molar-refractivity contribution in [3.63, 3.8) is 0 Å². The zero-order chi connectivity index (χ0) is 10.0. The summed E-state index contributed by atoms with van der Waals surface area (Å²) >= 11 is 0. The molecular formula is C11H20N2O. The maximum absolute atomic E-state index is 11.7. The summed E-state index contributed by atoms with van der Waals surface area (Å²) < 4.78 is 0. The van der Waals surface area contributed by atoms with Gasteiger partial charge in [-0.2, -0.15) is 0 Å².